The van der Waals surface area contributed by atoms with E-state index in [1.807, 2.05) is 59.1 Å². The van der Waals surface area contributed by atoms with E-state index in [0.717, 1.165) is 53.6 Å². The van der Waals surface area contributed by atoms with Crippen LogP contribution in [0.25, 0.3) is 11.5 Å². The maximum absolute atomic E-state index is 13.3. The first-order valence-electron chi connectivity index (χ1n) is 11.8. The molecule has 0 aliphatic carbocycles. The number of hydrogen-bond acceptors (Lipinski definition) is 6. The lowest BCUT2D eigenvalue weighted by Gasteiger charge is -2.32. The van der Waals surface area contributed by atoms with E-state index in [1.165, 1.54) is 0 Å². The molecule has 4 heterocycles. The lowest BCUT2D eigenvalue weighted by Crippen LogP contribution is -2.39. The monoisotopic (exact) mass is 468 g/mol. The summed E-state index contributed by atoms with van der Waals surface area (Å²) in [5, 5.41) is 0. The zero-order chi connectivity index (χ0) is 24.2. The van der Waals surface area contributed by atoms with Gasteiger partial charge in [0, 0.05) is 68.5 Å². The van der Waals surface area contributed by atoms with Crippen LogP contribution in [0.2, 0.25) is 0 Å². The molecule has 1 aliphatic heterocycles. The Bertz CT molecular complexity index is 1320. The number of carbonyl (C=O) groups excluding carboxylic acids is 1. The van der Waals surface area contributed by atoms with E-state index in [0.29, 0.717) is 18.5 Å². The number of para-hydroxylation sites is 1. The highest BCUT2D eigenvalue weighted by Crippen LogP contribution is 2.28. The Morgan fingerprint density at radius 2 is 2.00 bits per heavy atom. The topological polar surface area (TPSA) is 86.0 Å². The Labute approximate surface area is 204 Å². The van der Waals surface area contributed by atoms with Crippen LogP contribution in [0.4, 0.5) is 0 Å². The number of hydrogen-bond donors (Lipinski definition) is 0. The van der Waals surface area contributed by atoms with E-state index < -0.39 is 0 Å². The molecule has 1 aliphatic rings. The van der Waals surface area contributed by atoms with Crippen molar-refractivity contribution in [3.8, 4) is 17.3 Å². The molecule has 1 saturated heterocycles. The second-order valence-electron chi connectivity index (χ2n) is 8.81. The van der Waals surface area contributed by atoms with Crippen molar-refractivity contribution in [1.82, 2.24) is 29.4 Å². The predicted molar refractivity (Wildman–Crippen MR) is 132 cm³/mol. The van der Waals surface area contributed by atoms with Crippen molar-refractivity contribution in [1.29, 1.82) is 0 Å². The van der Waals surface area contributed by atoms with Gasteiger partial charge in [0.25, 0.3) is 5.91 Å². The number of aromatic nitrogens is 5. The van der Waals surface area contributed by atoms with Gasteiger partial charge in [-0.05, 0) is 31.0 Å². The molecule has 1 fully saturated rings. The van der Waals surface area contributed by atoms with Crippen molar-refractivity contribution in [3.05, 3.63) is 89.9 Å². The number of methoxy groups -OCH3 is 1. The Morgan fingerprint density at radius 3 is 2.77 bits per heavy atom. The average molecular weight is 469 g/mol. The van der Waals surface area contributed by atoms with Crippen LogP contribution in [0.1, 0.15) is 46.1 Å². The maximum Gasteiger partial charge on any atom is 0.255 e. The van der Waals surface area contributed by atoms with Crippen LogP contribution < -0.4 is 4.74 Å². The molecule has 0 saturated carbocycles. The molecule has 0 N–H and O–H groups in total. The van der Waals surface area contributed by atoms with Crippen LogP contribution in [-0.4, -0.2) is 55.5 Å². The number of rotatable bonds is 6. The molecule has 5 rings (SSSR count). The summed E-state index contributed by atoms with van der Waals surface area (Å²) in [5.74, 6) is 1.75. The fraction of sp³-hybridized carbons (Fsp3) is 0.296. The van der Waals surface area contributed by atoms with Gasteiger partial charge in [0.15, 0.2) is 5.82 Å². The highest BCUT2D eigenvalue weighted by molar-refractivity contribution is 5.94. The summed E-state index contributed by atoms with van der Waals surface area (Å²) in [4.78, 5) is 33.3. The van der Waals surface area contributed by atoms with E-state index >= 15 is 0 Å². The fourth-order valence-corrected chi connectivity index (χ4v) is 4.58. The van der Waals surface area contributed by atoms with Gasteiger partial charge in [0.05, 0.1) is 24.6 Å². The molecule has 3 aromatic heterocycles. The number of nitrogens with zero attached hydrogens (tertiary/aromatic N) is 6. The quantitative estimate of drug-likeness (QED) is 0.427. The molecule has 0 unspecified atom stereocenters. The molecule has 4 aromatic rings. The summed E-state index contributed by atoms with van der Waals surface area (Å²) in [7, 11) is 3.60. The lowest BCUT2D eigenvalue weighted by molar-refractivity contribution is 0.0705. The van der Waals surface area contributed by atoms with Gasteiger partial charge in [0.2, 0.25) is 0 Å². The number of aryl methyl sites for hydroxylation is 1. The Hall–Kier alpha value is -4.07. The second kappa shape index (κ2) is 10.0. The van der Waals surface area contributed by atoms with E-state index in [2.05, 4.69) is 15.0 Å². The van der Waals surface area contributed by atoms with E-state index in [1.54, 1.807) is 31.9 Å². The minimum atomic E-state index is -0.000688. The summed E-state index contributed by atoms with van der Waals surface area (Å²) in [6, 6.07) is 11.7. The normalized spacial score (nSPS) is 15.7. The van der Waals surface area contributed by atoms with Gasteiger partial charge in [-0.3, -0.25) is 14.8 Å². The third kappa shape index (κ3) is 4.91. The summed E-state index contributed by atoms with van der Waals surface area (Å²) in [6.45, 7) is 1.34. The molecule has 0 spiro atoms. The van der Waals surface area contributed by atoms with E-state index in [9.17, 15) is 4.79 Å². The largest absolute Gasteiger partial charge is 0.496 e. The van der Waals surface area contributed by atoms with Crippen LogP contribution in [0.5, 0.6) is 5.75 Å². The number of carbonyl (C=O) groups is 1. The van der Waals surface area contributed by atoms with Crippen LogP contribution in [0.3, 0.4) is 0 Å². The van der Waals surface area contributed by atoms with Crippen molar-refractivity contribution >= 4 is 5.91 Å². The molecule has 1 atom stereocenters. The number of pyridine rings is 1. The third-order valence-corrected chi connectivity index (χ3v) is 6.47. The lowest BCUT2D eigenvalue weighted by atomic mass is 9.94. The van der Waals surface area contributed by atoms with Crippen LogP contribution in [0.15, 0.2) is 67.4 Å². The van der Waals surface area contributed by atoms with Crippen molar-refractivity contribution in [2.75, 3.05) is 20.2 Å². The van der Waals surface area contributed by atoms with Gasteiger partial charge in [-0.15, -0.1) is 0 Å². The van der Waals surface area contributed by atoms with Crippen molar-refractivity contribution in [2.24, 2.45) is 7.05 Å². The van der Waals surface area contributed by atoms with Crippen LogP contribution in [-0.2, 0) is 13.5 Å². The number of likely N-dealkylation sites (tertiary alicyclic amines) is 1. The molecular weight excluding hydrogens is 440 g/mol. The number of ether oxygens (including phenoxy) is 1. The first-order valence-corrected chi connectivity index (χ1v) is 11.8. The van der Waals surface area contributed by atoms with Crippen molar-refractivity contribution in [3.63, 3.8) is 0 Å². The molecule has 0 bridgehead atoms. The Morgan fingerprint density at radius 1 is 1.11 bits per heavy atom. The number of imidazole rings is 1. The Balaban J connectivity index is 1.28. The molecule has 35 heavy (non-hydrogen) atoms. The second-order valence-corrected chi connectivity index (χ2v) is 8.81. The predicted octanol–water partition coefficient (Wildman–Crippen LogP) is 3.89. The third-order valence-electron chi connectivity index (χ3n) is 6.47. The zero-order valence-corrected chi connectivity index (χ0v) is 20.0. The molecule has 178 valence electrons. The first kappa shape index (κ1) is 22.7. The number of amides is 1. The minimum absolute atomic E-state index is 0.000688. The van der Waals surface area contributed by atoms with Gasteiger partial charge >= 0.3 is 0 Å². The first-order chi connectivity index (χ1) is 17.1. The summed E-state index contributed by atoms with van der Waals surface area (Å²) in [5.41, 5.74) is 4.20. The number of piperidine rings is 1. The molecule has 8 nitrogen and oxygen atoms in total. The van der Waals surface area contributed by atoms with Crippen molar-refractivity contribution < 1.29 is 9.53 Å². The maximum atomic E-state index is 13.3. The zero-order valence-electron chi connectivity index (χ0n) is 20.0. The van der Waals surface area contributed by atoms with E-state index in [4.69, 9.17) is 9.72 Å². The van der Waals surface area contributed by atoms with Gasteiger partial charge in [0.1, 0.15) is 11.4 Å². The van der Waals surface area contributed by atoms with Gasteiger partial charge in [-0.2, -0.15) is 0 Å². The molecular formula is C27H28N6O2. The van der Waals surface area contributed by atoms with E-state index in [-0.39, 0.29) is 11.8 Å². The fourth-order valence-electron chi connectivity index (χ4n) is 4.58. The van der Waals surface area contributed by atoms with Crippen LogP contribution >= 0.6 is 0 Å². The highest BCUT2D eigenvalue weighted by atomic mass is 16.5. The molecule has 1 aromatic carbocycles. The summed E-state index contributed by atoms with van der Waals surface area (Å²) in [6.07, 6.45) is 11.4. The minimum Gasteiger partial charge on any atom is -0.496 e. The summed E-state index contributed by atoms with van der Waals surface area (Å²) >= 11 is 0. The number of benzene rings is 1. The standard InChI is InChI=1S/C27H28N6O2/c1-32-13-11-29-26(32)24-17-28-16-23(31-24)21-7-5-12-33(18-21)27(34)20-9-10-22(30-15-20)14-19-6-3-4-8-25(19)35-2/h3-4,6,8-11,13,15-17,21H,5,7,12,14,18H2,1-2H3/t21-/m0/s1. The Kier molecular flexibility index (Phi) is 6.52. The molecule has 8 heteroatoms. The SMILES string of the molecule is COc1ccccc1Cc1ccc(C(=O)N2CCC[C@H](c3cncc(-c4nccn4C)n3)C2)cn1. The average Bonchev–Trinajstić information content (AvgIpc) is 3.35. The van der Waals surface area contributed by atoms with Crippen molar-refractivity contribution in [2.45, 2.75) is 25.2 Å². The summed E-state index contributed by atoms with van der Waals surface area (Å²) < 4.78 is 7.36. The van der Waals surface area contributed by atoms with Gasteiger partial charge in [-0.1, -0.05) is 18.2 Å². The van der Waals surface area contributed by atoms with Gasteiger partial charge in [-0.25, -0.2) is 9.97 Å². The van der Waals surface area contributed by atoms with Gasteiger partial charge < -0.3 is 14.2 Å². The highest BCUT2D eigenvalue weighted by Gasteiger charge is 2.27. The molecule has 0 radical (unpaired) electrons. The smallest absolute Gasteiger partial charge is 0.255 e. The molecule has 1 amide bonds. The van der Waals surface area contributed by atoms with Crippen LogP contribution in [0, 0.1) is 0 Å².